The van der Waals surface area contributed by atoms with Crippen LogP contribution in [0.1, 0.15) is 11.8 Å². The molecule has 0 aliphatic carbocycles. The van der Waals surface area contributed by atoms with Crippen molar-refractivity contribution >= 4 is 15.9 Å². The Morgan fingerprint density at radius 2 is 2.36 bits per heavy atom. The van der Waals surface area contributed by atoms with Crippen LogP contribution in [0.5, 0.6) is 0 Å². The molecule has 76 valence electrons. The van der Waals surface area contributed by atoms with Crippen LogP contribution >= 0.6 is 15.9 Å². The highest BCUT2D eigenvalue weighted by atomic mass is 79.9. The lowest BCUT2D eigenvalue weighted by molar-refractivity contribution is -0.106. The van der Waals surface area contributed by atoms with E-state index in [4.69, 9.17) is 9.47 Å². The van der Waals surface area contributed by atoms with Crippen LogP contribution in [0.3, 0.4) is 0 Å². The Balaban J connectivity index is 2.14. The summed E-state index contributed by atoms with van der Waals surface area (Å²) in [5.74, 6) is 0.452. The van der Waals surface area contributed by atoms with Gasteiger partial charge in [-0.2, -0.15) is 0 Å². The topological polar surface area (TPSA) is 31.4 Å². The molecule has 0 saturated carbocycles. The lowest BCUT2D eigenvalue weighted by atomic mass is 9.97. The van der Waals surface area contributed by atoms with E-state index in [2.05, 4.69) is 20.9 Å². The highest BCUT2D eigenvalue weighted by Crippen LogP contribution is 2.29. The monoisotopic (exact) mass is 257 g/mol. The Labute approximate surface area is 91.6 Å². The summed E-state index contributed by atoms with van der Waals surface area (Å²) < 4.78 is 11.6. The molecule has 1 atom stereocenters. The SMILES string of the molecule is COC(c1ccc(Br)cn1)C1COC1. The predicted octanol–water partition coefficient (Wildman–Crippen LogP) is 2.18. The van der Waals surface area contributed by atoms with Crippen LogP contribution in [0.4, 0.5) is 0 Å². The summed E-state index contributed by atoms with van der Waals surface area (Å²) in [7, 11) is 1.71. The third-order valence-electron chi connectivity index (χ3n) is 2.39. The van der Waals surface area contributed by atoms with Crippen molar-refractivity contribution in [2.75, 3.05) is 20.3 Å². The van der Waals surface area contributed by atoms with E-state index in [9.17, 15) is 0 Å². The number of pyridine rings is 1. The van der Waals surface area contributed by atoms with Gasteiger partial charge < -0.3 is 9.47 Å². The van der Waals surface area contributed by atoms with E-state index in [0.29, 0.717) is 5.92 Å². The van der Waals surface area contributed by atoms with Gasteiger partial charge in [-0.3, -0.25) is 4.98 Å². The van der Waals surface area contributed by atoms with Gasteiger partial charge in [0.25, 0.3) is 0 Å². The smallest absolute Gasteiger partial charge is 0.106 e. The molecule has 0 aromatic carbocycles. The van der Waals surface area contributed by atoms with Crippen molar-refractivity contribution in [1.29, 1.82) is 0 Å². The average molecular weight is 258 g/mol. The van der Waals surface area contributed by atoms with Gasteiger partial charge in [-0.15, -0.1) is 0 Å². The molecule has 0 radical (unpaired) electrons. The van der Waals surface area contributed by atoms with Crippen LogP contribution in [0.2, 0.25) is 0 Å². The number of ether oxygens (including phenoxy) is 2. The van der Waals surface area contributed by atoms with Gasteiger partial charge in [0.2, 0.25) is 0 Å². The second-order valence-electron chi connectivity index (χ2n) is 3.36. The van der Waals surface area contributed by atoms with Gasteiger partial charge in [0.1, 0.15) is 6.10 Å². The van der Waals surface area contributed by atoms with Crippen LogP contribution in [0.25, 0.3) is 0 Å². The normalized spacial score (nSPS) is 19.0. The molecule has 1 fully saturated rings. The first-order valence-electron chi connectivity index (χ1n) is 4.53. The first-order chi connectivity index (χ1) is 6.81. The molecule has 14 heavy (non-hydrogen) atoms. The summed E-state index contributed by atoms with van der Waals surface area (Å²) in [5, 5.41) is 0. The molecule has 3 nitrogen and oxygen atoms in total. The molecule has 1 aromatic rings. The van der Waals surface area contributed by atoms with Gasteiger partial charge in [-0.25, -0.2) is 0 Å². The molecule has 0 amide bonds. The van der Waals surface area contributed by atoms with E-state index in [0.717, 1.165) is 23.4 Å². The molecule has 2 rings (SSSR count). The number of hydrogen-bond acceptors (Lipinski definition) is 3. The van der Waals surface area contributed by atoms with Crippen molar-refractivity contribution in [3.63, 3.8) is 0 Å². The van der Waals surface area contributed by atoms with Crippen molar-refractivity contribution in [2.45, 2.75) is 6.10 Å². The van der Waals surface area contributed by atoms with Crippen LogP contribution in [0.15, 0.2) is 22.8 Å². The second kappa shape index (κ2) is 4.38. The van der Waals surface area contributed by atoms with E-state index in [-0.39, 0.29) is 6.10 Å². The van der Waals surface area contributed by atoms with Gasteiger partial charge >= 0.3 is 0 Å². The maximum atomic E-state index is 5.42. The van der Waals surface area contributed by atoms with Gasteiger partial charge in [-0.1, -0.05) is 0 Å². The maximum absolute atomic E-state index is 5.42. The molecule has 1 unspecified atom stereocenters. The fourth-order valence-electron chi connectivity index (χ4n) is 1.54. The Morgan fingerprint density at radius 1 is 1.57 bits per heavy atom. The summed E-state index contributed by atoms with van der Waals surface area (Å²) in [6.45, 7) is 1.55. The fraction of sp³-hybridized carbons (Fsp3) is 0.500. The lowest BCUT2D eigenvalue weighted by Crippen LogP contribution is -2.34. The van der Waals surface area contributed by atoms with E-state index < -0.39 is 0 Å². The first-order valence-corrected chi connectivity index (χ1v) is 5.32. The number of nitrogens with zero attached hydrogens (tertiary/aromatic N) is 1. The van der Waals surface area contributed by atoms with E-state index in [1.807, 2.05) is 12.1 Å². The van der Waals surface area contributed by atoms with Crippen molar-refractivity contribution in [3.8, 4) is 0 Å². The second-order valence-corrected chi connectivity index (χ2v) is 4.27. The van der Waals surface area contributed by atoms with Crippen LogP contribution < -0.4 is 0 Å². The van der Waals surface area contributed by atoms with Crippen LogP contribution in [-0.2, 0) is 9.47 Å². The van der Waals surface area contributed by atoms with Gasteiger partial charge in [0.15, 0.2) is 0 Å². The van der Waals surface area contributed by atoms with Crippen LogP contribution in [-0.4, -0.2) is 25.3 Å². The zero-order valence-corrected chi connectivity index (χ0v) is 9.53. The standard InChI is InChI=1S/C10H12BrNO2/c1-13-10(7-5-14-6-7)9-3-2-8(11)4-12-9/h2-4,7,10H,5-6H2,1H3. The molecule has 1 aromatic heterocycles. The fourth-order valence-corrected chi connectivity index (χ4v) is 1.77. The number of halogens is 1. The summed E-state index contributed by atoms with van der Waals surface area (Å²) >= 11 is 3.36. The molecule has 1 aliphatic heterocycles. The molecule has 1 aliphatic rings. The minimum atomic E-state index is 0.0665. The zero-order valence-electron chi connectivity index (χ0n) is 7.94. The minimum Gasteiger partial charge on any atom is -0.380 e. The molecule has 2 heterocycles. The van der Waals surface area contributed by atoms with E-state index >= 15 is 0 Å². The lowest BCUT2D eigenvalue weighted by Gasteiger charge is -2.32. The zero-order chi connectivity index (χ0) is 9.97. The van der Waals surface area contributed by atoms with Crippen LogP contribution in [0, 0.1) is 5.92 Å². The van der Waals surface area contributed by atoms with Gasteiger partial charge in [0, 0.05) is 23.7 Å². The third-order valence-corrected chi connectivity index (χ3v) is 2.86. The van der Waals surface area contributed by atoms with Crippen molar-refractivity contribution < 1.29 is 9.47 Å². The molecule has 0 bridgehead atoms. The van der Waals surface area contributed by atoms with Gasteiger partial charge in [0.05, 0.1) is 18.9 Å². The molecule has 4 heteroatoms. The number of methoxy groups -OCH3 is 1. The summed E-state index contributed by atoms with van der Waals surface area (Å²) in [5.41, 5.74) is 0.976. The summed E-state index contributed by atoms with van der Waals surface area (Å²) in [4.78, 5) is 4.32. The Morgan fingerprint density at radius 3 is 2.79 bits per heavy atom. The third kappa shape index (κ3) is 1.97. The number of rotatable bonds is 3. The van der Waals surface area contributed by atoms with Crippen molar-refractivity contribution in [2.24, 2.45) is 5.92 Å². The van der Waals surface area contributed by atoms with Crippen molar-refractivity contribution in [1.82, 2.24) is 4.98 Å². The average Bonchev–Trinajstić information content (AvgIpc) is 2.13. The minimum absolute atomic E-state index is 0.0665. The predicted molar refractivity (Wildman–Crippen MR) is 56.0 cm³/mol. The number of aromatic nitrogens is 1. The molecular weight excluding hydrogens is 246 g/mol. The highest BCUT2D eigenvalue weighted by Gasteiger charge is 2.30. The maximum Gasteiger partial charge on any atom is 0.106 e. The summed E-state index contributed by atoms with van der Waals surface area (Å²) in [6, 6.07) is 3.96. The van der Waals surface area contributed by atoms with E-state index in [1.165, 1.54) is 0 Å². The summed E-state index contributed by atoms with van der Waals surface area (Å²) in [6.07, 6.45) is 1.86. The molecule has 0 spiro atoms. The highest BCUT2D eigenvalue weighted by molar-refractivity contribution is 9.10. The van der Waals surface area contributed by atoms with E-state index in [1.54, 1.807) is 13.3 Å². The Hall–Kier alpha value is -0.450. The van der Waals surface area contributed by atoms with Crippen molar-refractivity contribution in [3.05, 3.63) is 28.5 Å². The first kappa shape index (κ1) is 10.1. The quantitative estimate of drug-likeness (QED) is 0.832. The molecule has 1 saturated heterocycles. The Kier molecular flexibility index (Phi) is 3.15. The molecule has 0 N–H and O–H groups in total. The van der Waals surface area contributed by atoms with Gasteiger partial charge in [-0.05, 0) is 28.1 Å². The molecular formula is C10H12BrNO2. The largest absolute Gasteiger partial charge is 0.380 e. The Bertz CT molecular complexity index is 297. The number of hydrogen-bond donors (Lipinski definition) is 0.